The van der Waals surface area contributed by atoms with Crippen molar-refractivity contribution in [1.82, 2.24) is 5.32 Å². The van der Waals surface area contributed by atoms with Crippen LogP contribution in [0.1, 0.15) is 55.8 Å². The highest BCUT2D eigenvalue weighted by Gasteiger charge is 2.24. The van der Waals surface area contributed by atoms with Gasteiger partial charge in [0, 0.05) is 31.5 Å². The van der Waals surface area contributed by atoms with Gasteiger partial charge in [0.2, 0.25) is 5.91 Å². The highest BCUT2D eigenvalue weighted by atomic mass is 35.5. The lowest BCUT2D eigenvalue weighted by Crippen LogP contribution is -3.16. The predicted molar refractivity (Wildman–Crippen MR) is 104 cm³/mol. The molecule has 2 aliphatic rings. The second-order valence-electron chi connectivity index (χ2n) is 7.48. The third-order valence-electron chi connectivity index (χ3n) is 5.61. The Morgan fingerprint density at radius 1 is 1.35 bits per heavy atom. The van der Waals surface area contributed by atoms with Gasteiger partial charge in [-0.3, -0.25) is 9.59 Å². The number of carbonyl (C=O) groups is 2. The van der Waals surface area contributed by atoms with Crippen molar-refractivity contribution in [2.75, 3.05) is 31.1 Å². The smallest absolute Gasteiger partial charge is 0.251 e. The van der Waals surface area contributed by atoms with Crippen LogP contribution >= 0.6 is 11.6 Å². The van der Waals surface area contributed by atoms with E-state index in [0.717, 1.165) is 25.4 Å². The molecule has 0 bridgehead atoms. The Morgan fingerprint density at radius 2 is 2.19 bits per heavy atom. The molecule has 0 aliphatic carbocycles. The van der Waals surface area contributed by atoms with Crippen LogP contribution in [-0.2, 0) is 4.79 Å². The van der Waals surface area contributed by atoms with Crippen LogP contribution in [0.4, 0.5) is 5.69 Å². The first kappa shape index (κ1) is 19.2. The van der Waals surface area contributed by atoms with Crippen molar-refractivity contribution in [3.05, 3.63) is 28.8 Å². The molecular formula is C20H29ClN3O2+. The van der Waals surface area contributed by atoms with Gasteiger partial charge in [-0.05, 0) is 50.8 Å². The average molecular weight is 379 g/mol. The molecule has 2 saturated heterocycles. The molecule has 0 aromatic heterocycles. The molecule has 2 N–H and O–H groups in total. The highest BCUT2D eigenvalue weighted by molar-refractivity contribution is 6.34. The van der Waals surface area contributed by atoms with E-state index in [1.807, 2.05) is 0 Å². The van der Waals surface area contributed by atoms with Gasteiger partial charge in [-0.1, -0.05) is 11.6 Å². The van der Waals surface area contributed by atoms with Crippen molar-refractivity contribution >= 4 is 29.1 Å². The van der Waals surface area contributed by atoms with Gasteiger partial charge >= 0.3 is 0 Å². The number of quaternary nitrogens is 1. The highest BCUT2D eigenvalue weighted by Crippen LogP contribution is 2.30. The Morgan fingerprint density at radius 3 is 2.92 bits per heavy atom. The summed E-state index contributed by atoms with van der Waals surface area (Å²) in [6, 6.07) is 5.89. The van der Waals surface area contributed by atoms with Crippen LogP contribution < -0.4 is 15.1 Å². The number of benzene rings is 1. The summed E-state index contributed by atoms with van der Waals surface area (Å²) < 4.78 is 0. The molecule has 2 atom stereocenters. The first-order valence-electron chi connectivity index (χ1n) is 9.79. The fourth-order valence-corrected chi connectivity index (χ4v) is 4.23. The van der Waals surface area contributed by atoms with Crippen molar-refractivity contribution in [3.63, 3.8) is 0 Å². The minimum Gasteiger partial charge on any atom is -0.352 e. The number of halogens is 1. The molecule has 2 amide bonds. The zero-order valence-corrected chi connectivity index (χ0v) is 16.3. The fourth-order valence-electron chi connectivity index (χ4n) is 4.01. The molecule has 0 saturated carbocycles. The average Bonchev–Trinajstić information content (AvgIpc) is 3.06. The molecule has 2 aliphatic heterocycles. The number of piperidine rings is 1. The lowest BCUT2D eigenvalue weighted by atomic mass is 10.0. The summed E-state index contributed by atoms with van der Waals surface area (Å²) in [6.07, 6.45) is 6.34. The predicted octanol–water partition coefficient (Wildman–Crippen LogP) is 2.04. The number of rotatable bonds is 6. The molecule has 3 rings (SSSR count). The molecule has 1 aromatic rings. The summed E-state index contributed by atoms with van der Waals surface area (Å²) in [6.45, 7) is 6.02. The first-order valence-corrected chi connectivity index (χ1v) is 10.2. The lowest BCUT2D eigenvalue weighted by molar-refractivity contribution is -0.928. The Bertz CT molecular complexity index is 664. The maximum absolute atomic E-state index is 12.5. The van der Waals surface area contributed by atoms with E-state index in [9.17, 15) is 9.59 Å². The topological polar surface area (TPSA) is 53.9 Å². The summed E-state index contributed by atoms with van der Waals surface area (Å²) in [5.74, 6) is -0.0284. The number of amides is 2. The fraction of sp³-hybridized carbons (Fsp3) is 0.600. The standard InChI is InChI=1S/C20H28ClN3O2/c1-15-6-2-3-11-23(15)12-5-10-22-20(26)16-8-9-17(21)18(14-16)24-13-4-7-19(24)25/h8-9,14-15H,2-7,10-13H2,1H3,(H,22,26)/p+1/t15-/m0/s1. The van der Waals surface area contributed by atoms with Gasteiger partial charge in [-0.2, -0.15) is 0 Å². The summed E-state index contributed by atoms with van der Waals surface area (Å²) in [4.78, 5) is 27.8. The maximum atomic E-state index is 12.5. The number of carbonyl (C=O) groups excluding carboxylic acids is 2. The van der Waals surface area contributed by atoms with Gasteiger partial charge in [-0.25, -0.2) is 0 Å². The molecule has 142 valence electrons. The van der Waals surface area contributed by atoms with Crippen molar-refractivity contribution in [3.8, 4) is 0 Å². The maximum Gasteiger partial charge on any atom is 0.251 e. The van der Waals surface area contributed by atoms with Crippen molar-refractivity contribution in [2.24, 2.45) is 0 Å². The monoisotopic (exact) mass is 378 g/mol. The van der Waals surface area contributed by atoms with E-state index in [4.69, 9.17) is 11.6 Å². The lowest BCUT2D eigenvalue weighted by Gasteiger charge is -2.30. The number of likely N-dealkylation sites (tertiary alicyclic amines) is 1. The van der Waals surface area contributed by atoms with Crippen LogP contribution in [0.15, 0.2) is 18.2 Å². The van der Waals surface area contributed by atoms with E-state index in [0.29, 0.717) is 35.8 Å². The molecule has 26 heavy (non-hydrogen) atoms. The largest absolute Gasteiger partial charge is 0.352 e. The van der Waals surface area contributed by atoms with Crippen LogP contribution in [-0.4, -0.2) is 44.0 Å². The molecule has 5 nitrogen and oxygen atoms in total. The molecule has 6 heteroatoms. The molecule has 2 heterocycles. The van der Waals surface area contributed by atoms with Gasteiger partial charge < -0.3 is 15.1 Å². The first-order chi connectivity index (χ1) is 12.6. The van der Waals surface area contributed by atoms with Crippen LogP contribution in [0.5, 0.6) is 0 Å². The second-order valence-corrected chi connectivity index (χ2v) is 7.89. The van der Waals surface area contributed by atoms with Gasteiger partial charge in [-0.15, -0.1) is 0 Å². The zero-order chi connectivity index (χ0) is 18.5. The van der Waals surface area contributed by atoms with E-state index in [-0.39, 0.29) is 11.8 Å². The number of nitrogens with zero attached hydrogens (tertiary/aromatic N) is 1. The second kappa shape index (κ2) is 8.87. The van der Waals surface area contributed by atoms with E-state index >= 15 is 0 Å². The van der Waals surface area contributed by atoms with Crippen LogP contribution in [0.25, 0.3) is 0 Å². The van der Waals surface area contributed by atoms with E-state index < -0.39 is 0 Å². The van der Waals surface area contributed by atoms with Gasteiger partial charge in [0.25, 0.3) is 5.91 Å². The zero-order valence-electron chi connectivity index (χ0n) is 15.5. The Kier molecular flexibility index (Phi) is 6.54. The molecular weight excluding hydrogens is 350 g/mol. The Balaban J connectivity index is 1.52. The number of hydrogen-bond acceptors (Lipinski definition) is 2. The van der Waals surface area contributed by atoms with Crippen molar-refractivity contribution in [1.29, 1.82) is 0 Å². The number of hydrogen-bond donors (Lipinski definition) is 2. The van der Waals surface area contributed by atoms with Crippen LogP contribution in [0.2, 0.25) is 5.02 Å². The third-order valence-corrected chi connectivity index (χ3v) is 5.93. The number of nitrogens with one attached hydrogen (secondary N) is 2. The normalized spacial score (nSPS) is 23.3. The van der Waals surface area contributed by atoms with Gasteiger partial charge in [0.05, 0.1) is 29.8 Å². The number of anilines is 1. The molecule has 1 unspecified atom stereocenters. The van der Waals surface area contributed by atoms with Gasteiger partial charge in [0.1, 0.15) is 0 Å². The SMILES string of the molecule is C[C@H]1CCCC[NH+]1CCCNC(=O)c1ccc(Cl)c(N2CCCC2=O)c1. The third kappa shape index (κ3) is 4.57. The van der Waals surface area contributed by atoms with Crippen LogP contribution in [0.3, 0.4) is 0 Å². The molecule has 1 aromatic carbocycles. The minimum absolute atomic E-state index is 0.0723. The molecule has 2 fully saturated rings. The Labute approximate surface area is 160 Å². The molecule has 0 radical (unpaired) electrons. The van der Waals surface area contributed by atoms with E-state index in [1.54, 1.807) is 28.0 Å². The van der Waals surface area contributed by atoms with E-state index in [1.165, 1.54) is 25.8 Å². The summed E-state index contributed by atoms with van der Waals surface area (Å²) in [7, 11) is 0. The Hall–Kier alpha value is -1.59. The minimum atomic E-state index is -0.101. The summed E-state index contributed by atoms with van der Waals surface area (Å²) in [5, 5.41) is 3.52. The van der Waals surface area contributed by atoms with Crippen molar-refractivity contribution in [2.45, 2.75) is 51.5 Å². The summed E-state index contributed by atoms with van der Waals surface area (Å²) >= 11 is 6.24. The van der Waals surface area contributed by atoms with E-state index in [2.05, 4.69) is 12.2 Å². The van der Waals surface area contributed by atoms with Crippen molar-refractivity contribution < 1.29 is 14.5 Å². The van der Waals surface area contributed by atoms with Crippen LogP contribution in [0, 0.1) is 0 Å². The van der Waals surface area contributed by atoms with Gasteiger partial charge in [0.15, 0.2) is 0 Å². The quantitative estimate of drug-likeness (QED) is 0.744. The molecule has 0 spiro atoms. The summed E-state index contributed by atoms with van der Waals surface area (Å²) in [5.41, 5.74) is 1.20.